The maximum Gasteiger partial charge on any atom is 0.127 e. The number of hydrogen-bond donors (Lipinski definition) is 0. The summed E-state index contributed by atoms with van der Waals surface area (Å²) in [6, 6.07) is 27.1. The second-order valence-corrected chi connectivity index (χ2v) is 10.8. The summed E-state index contributed by atoms with van der Waals surface area (Å²) >= 11 is 5.99. The van der Waals surface area contributed by atoms with Crippen LogP contribution in [-0.4, -0.2) is 33.6 Å². The Labute approximate surface area is 224 Å². The van der Waals surface area contributed by atoms with Crippen LogP contribution in [0, 0.1) is 0 Å². The number of ether oxygens (including phenoxy) is 1. The molecule has 6 rings (SSSR count). The molecule has 0 radical (unpaired) electrons. The Bertz CT molecular complexity index is 1290. The highest BCUT2D eigenvalue weighted by Crippen LogP contribution is 2.35. The molecule has 1 aliphatic carbocycles. The highest BCUT2D eigenvalue weighted by Gasteiger charge is 2.29. The zero-order valence-corrected chi connectivity index (χ0v) is 22.0. The fraction of sp³-hybridized carbons (Fsp3) is 0.344. The van der Waals surface area contributed by atoms with Crippen LogP contribution >= 0.6 is 11.6 Å². The third kappa shape index (κ3) is 5.61. The lowest BCUT2D eigenvalue weighted by atomic mass is 9.90. The number of likely N-dealkylation sites (tertiary alicyclic amines) is 1. The van der Waals surface area contributed by atoms with Gasteiger partial charge in [-0.25, -0.2) is 4.98 Å². The molecule has 1 saturated heterocycles. The number of benzene rings is 3. The predicted molar refractivity (Wildman–Crippen MR) is 151 cm³/mol. The normalized spacial score (nSPS) is 17.6. The molecule has 5 heteroatoms. The van der Waals surface area contributed by atoms with Gasteiger partial charge < -0.3 is 14.2 Å². The molecule has 1 saturated carbocycles. The van der Waals surface area contributed by atoms with Gasteiger partial charge in [0.15, 0.2) is 0 Å². The van der Waals surface area contributed by atoms with E-state index in [1.165, 1.54) is 69.5 Å². The first-order chi connectivity index (χ1) is 18.2. The van der Waals surface area contributed by atoms with Gasteiger partial charge in [-0.1, -0.05) is 49.1 Å². The van der Waals surface area contributed by atoms with Gasteiger partial charge in [-0.2, -0.15) is 0 Å². The van der Waals surface area contributed by atoms with Crippen LogP contribution in [-0.2, 0) is 0 Å². The average Bonchev–Trinajstić information content (AvgIpc) is 3.41. The van der Waals surface area contributed by atoms with Gasteiger partial charge in [-0.15, -0.1) is 0 Å². The summed E-state index contributed by atoms with van der Waals surface area (Å²) in [5, 5.41) is 0.701. The Morgan fingerprint density at radius 2 is 1.38 bits per heavy atom. The summed E-state index contributed by atoms with van der Waals surface area (Å²) in [6.45, 7) is 2.37. The van der Waals surface area contributed by atoms with Gasteiger partial charge in [-0.3, -0.25) is 0 Å². The zero-order chi connectivity index (χ0) is 25.0. The molecule has 2 heterocycles. The molecular weight excluding hydrogens is 478 g/mol. The van der Waals surface area contributed by atoms with Crippen LogP contribution in [0.15, 0.2) is 85.1 Å². The molecule has 0 bridgehead atoms. The Balaban J connectivity index is 1.22. The van der Waals surface area contributed by atoms with Crippen LogP contribution in [0.2, 0.25) is 5.02 Å². The van der Waals surface area contributed by atoms with E-state index < -0.39 is 0 Å². The number of nitrogens with zero attached hydrogens (tertiary/aromatic N) is 3. The average molecular weight is 512 g/mol. The summed E-state index contributed by atoms with van der Waals surface area (Å²) in [7, 11) is 0. The minimum absolute atomic E-state index is 0.473. The molecule has 3 aromatic carbocycles. The maximum absolute atomic E-state index is 5.99. The van der Waals surface area contributed by atoms with E-state index in [1.807, 2.05) is 36.4 Å². The van der Waals surface area contributed by atoms with Crippen molar-refractivity contribution in [2.24, 2.45) is 0 Å². The van der Waals surface area contributed by atoms with E-state index in [9.17, 15) is 0 Å². The number of aromatic nitrogens is 2. The molecule has 1 aliphatic heterocycles. The third-order valence-corrected chi connectivity index (χ3v) is 8.20. The fourth-order valence-corrected chi connectivity index (χ4v) is 6.04. The van der Waals surface area contributed by atoms with E-state index >= 15 is 0 Å². The van der Waals surface area contributed by atoms with E-state index in [0.29, 0.717) is 10.9 Å². The van der Waals surface area contributed by atoms with E-state index in [2.05, 4.69) is 58.1 Å². The molecule has 4 aromatic rings. The van der Waals surface area contributed by atoms with E-state index in [0.717, 1.165) is 28.8 Å². The van der Waals surface area contributed by atoms with Crippen molar-refractivity contribution >= 4 is 11.6 Å². The Morgan fingerprint density at radius 1 is 0.730 bits per heavy atom. The van der Waals surface area contributed by atoms with Gasteiger partial charge >= 0.3 is 0 Å². The zero-order valence-electron chi connectivity index (χ0n) is 21.2. The first-order valence-electron chi connectivity index (χ1n) is 13.7. The number of halogens is 1. The molecule has 2 fully saturated rings. The Kier molecular flexibility index (Phi) is 7.29. The van der Waals surface area contributed by atoms with Crippen LogP contribution in [0.1, 0.15) is 56.7 Å². The Hall–Kier alpha value is -3.08. The molecule has 37 heavy (non-hydrogen) atoms. The van der Waals surface area contributed by atoms with E-state index in [4.69, 9.17) is 21.3 Å². The summed E-state index contributed by atoms with van der Waals surface area (Å²) in [4.78, 5) is 7.99. The van der Waals surface area contributed by atoms with Crippen LogP contribution in [0.25, 0.3) is 16.9 Å². The van der Waals surface area contributed by atoms with Crippen molar-refractivity contribution in [1.29, 1.82) is 0 Å². The smallest absolute Gasteiger partial charge is 0.127 e. The maximum atomic E-state index is 5.99. The van der Waals surface area contributed by atoms with Crippen LogP contribution in [0.5, 0.6) is 11.5 Å². The van der Waals surface area contributed by atoms with Crippen LogP contribution in [0.3, 0.4) is 0 Å². The van der Waals surface area contributed by atoms with Gasteiger partial charge in [0.1, 0.15) is 17.3 Å². The van der Waals surface area contributed by atoms with Crippen LogP contribution in [0.4, 0.5) is 0 Å². The lowest BCUT2D eigenvalue weighted by molar-refractivity contribution is 0.120. The van der Waals surface area contributed by atoms with E-state index in [-0.39, 0.29) is 0 Å². The molecule has 1 aromatic heterocycles. The minimum Gasteiger partial charge on any atom is -0.457 e. The van der Waals surface area contributed by atoms with Gasteiger partial charge in [0, 0.05) is 34.4 Å². The summed E-state index contributed by atoms with van der Waals surface area (Å²) in [5.41, 5.74) is 3.28. The lowest BCUT2D eigenvalue weighted by Crippen LogP contribution is -2.42. The third-order valence-electron chi connectivity index (χ3n) is 7.95. The van der Waals surface area contributed by atoms with Crippen LogP contribution < -0.4 is 4.74 Å². The summed E-state index contributed by atoms with van der Waals surface area (Å²) < 4.78 is 8.30. The second kappa shape index (κ2) is 11.1. The molecular formula is C32H34ClN3O. The second-order valence-electron chi connectivity index (χ2n) is 10.4. The molecule has 0 N–H and O–H groups in total. The van der Waals surface area contributed by atoms with Crippen molar-refractivity contribution in [3.63, 3.8) is 0 Å². The standard InChI is InChI=1S/C32H34ClN3O/c33-26-13-17-30(18-14-26)37-29-15-11-24(12-16-29)31-23-36(28-9-5-2-6-10-28)32(34-31)25-19-21-35(22-20-25)27-7-3-1-4-8-27/h2,5-6,9-18,23,25,27H,1,3-4,7-8,19-22H2. The molecule has 190 valence electrons. The first kappa shape index (κ1) is 24.3. The molecule has 2 aliphatic rings. The lowest BCUT2D eigenvalue weighted by Gasteiger charge is -2.39. The van der Waals surface area contributed by atoms with Gasteiger partial charge in [0.25, 0.3) is 0 Å². The van der Waals surface area contributed by atoms with Crippen molar-refractivity contribution < 1.29 is 4.74 Å². The summed E-state index contributed by atoms with van der Waals surface area (Å²) in [6.07, 6.45) is 11.5. The van der Waals surface area contributed by atoms with Crippen molar-refractivity contribution in [3.8, 4) is 28.4 Å². The van der Waals surface area contributed by atoms with Gasteiger partial charge in [0.05, 0.1) is 5.69 Å². The van der Waals surface area contributed by atoms with Gasteiger partial charge in [-0.05, 0) is 99.4 Å². The molecule has 0 spiro atoms. The number of hydrogen-bond acceptors (Lipinski definition) is 3. The SMILES string of the molecule is Clc1ccc(Oc2ccc(-c3cn(-c4ccccc4)c(C4CCN(C5CCCCC5)CC4)n3)cc2)cc1. The fourth-order valence-electron chi connectivity index (χ4n) is 5.92. The van der Waals surface area contributed by atoms with E-state index in [1.54, 1.807) is 0 Å². The highest BCUT2D eigenvalue weighted by atomic mass is 35.5. The topological polar surface area (TPSA) is 30.3 Å². The number of para-hydroxylation sites is 1. The molecule has 4 nitrogen and oxygen atoms in total. The summed E-state index contributed by atoms with van der Waals surface area (Å²) in [5.74, 6) is 3.23. The molecule has 0 unspecified atom stereocenters. The predicted octanol–water partition coefficient (Wildman–Crippen LogP) is 8.50. The largest absolute Gasteiger partial charge is 0.457 e. The first-order valence-corrected chi connectivity index (χ1v) is 14.0. The van der Waals surface area contributed by atoms with Crippen molar-refractivity contribution in [1.82, 2.24) is 14.5 Å². The molecule has 0 atom stereocenters. The van der Waals surface area contributed by atoms with Crippen molar-refractivity contribution in [2.45, 2.75) is 56.9 Å². The van der Waals surface area contributed by atoms with Crippen molar-refractivity contribution in [3.05, 3.63) is 95.9 Å². The number of rotatable bonds is 6. The minimum atomic E-state index is 0.473. The number of imidazole rings is 1. The molecule has 0 amide bonds. The quantitative estimate of drug-likeness (QED) is 0.260. The van der Waals surface area contributed by atoms with Crippen molar-refractivity contribution in [2.75, 3.05) is 13.1 Å². The number of piperidine rings is 1. The Morgan fingerprint density at radius 3 is 2.05 bits per heavy atom. The highest BCUT2D eigenvalue weighted by molar-refractivity contribution is 6.30. The van der Waals surface area contributed by atoms with Gasteiger partial charge in [0.2, 0.25) is 0 Å². The monoisotopic (exact) mass is 511 g/mol.